The van der Waals surface area contributed by atoms with E-state index in [0.29, 0.717) is 0 Å². The van der Waals surface area contributed by atoms with Crippen LogP contribution in [0.1, 0.15) is 31.0 Å². The third-order valence-electron chi connectivity index (χ3n) is 3.41. The summed E-state index contributed by atoms with van der Waals surface area (Å²) in [4.78, 5) is 16.0. The van der Waals surface area contributed by atoms with Gasteiger partial charge in [0.2, 0.25) is 0 Å². The van der Waals surface area contributed by atoms with Gasteiger partial charge in [0.1, 0.15) is 5.75 Å². The molecule has 0 spiro atoms. The van der Waals surface area contributed by atoms with Crippen LogP contribution in [0.25, 0.3) is 0 Å². The van der Waals surface area contributed by atoms with Crippen LogP contribution in [-0.2, 0) is 11.0 Å². The van der Waals surface area contributed by atoms with Crippen LogP contribution in [0.3, 0.4) is 0 Å². The number of aromatic nitrogens is 1. The van der Waals surface area contributed by atoms with Crippen LogP contribution in [-0.4, -0.2) is 17.0 Å². The fraction of sp³-hybridized carbons (Fsp3) is 0.294. The van der Waals surface area contributed by atoms with Crippen molar-refractivity contribution in [1.29, 1.82) is 0 Å². The molecule has 0 aliphatic heterocycles. The number of carbonyl (C=O) groups is 1. The van der Waals surface area contributed by atoms with Gasteiger partial charge in [0.05, 0.1) is 11.6 Å². The summed E-state index contributed by atoms with van der Waals surface area (Å²) in [6, 6.07) is 7.70. The highest BCUT2D eigenvalue weighted by Gasteiger charge is 2.31. The van der Waals surface area contributed by atoms with Crippen LogP contribution in [0.5, 0.6) is 5.75 Å². The Kier molecular flexibility index (Phi) is 5.43. The van der Waals surface area contributed by atoms with Gasteiger partial charge in [0, 0.05) is 12.4 Å². The average Bonchev–Trinajstić information content (AvgIpc) is 2.55. The molecule has 4 nitrogen and oxygen atoms in total. The molecule has 1 aromatic heterocycles. The molecule has 0 fully saturated rings. The number of amides is 1. The molecule has 0 unspecified atom stereocenters. The zero-order chi connectivity index (χ0) is 17.7. The Morgan fingerprint density at radius 3 is 2.46 bits per heavy atom. The Balaban J connectivity index is 1.99. The number of hydrogen-bond acceptors (Lipinski definition) is 3. The van der Waals surface area contributed by atoms with Crippen molar-refractivity contribution < 1.29 is 22.7 Å². The van der Waals surface area contributed by atoms with E-state index in [2.05, 4.69) is 10.3 Å². The molecule has 0 bridgehead atoms. The third kappa shape index (κ3) is 4.71. The van der Waals surface area contributed by atoms with Crippen LogP contribution >= 0.6 is 0 Å². The second-order valence-corrected chi connectivity index (χ2v) is 5.30. The monoisotopic (exact) mass is 338 g/mol. The van der Waals surface area contributed by atoms with Gasteiger partial charge in [-0.1, -0.05) is 6.07 Å². The summed E-state index contributed by atoms with van der Waals surface area (Å²) in [5, 5.41) is 2.75. The van der Waals surface area contributed by atoms with Gasteiger partial charge >= 0.3 is 6.18 Å². The molecule has 128 valence electrons. The molecular formula is C17H17F3N2O2. The first-order valence-corrected chi connectivity index (χ1v) is 7.31. The molecule has 0 radical (unpaired) electrons. The number of nitrogens with one attached hydrogen (secondary N) is 1. The van der Waals surface area contributed by atoms with E-state index in [-0.39, 0.29) is 11.8 Å². The van der Waals surface area contributed by atoms with E-state index >= 15 is 0 Å². The zero-order valence-electron chi connectivity index (χ0n) is 13.2. The summed E-state index contributed by atoms with van der Waals surface area (Å²) in [6.07, 6.45) is -2.17. The van der Waals surface area contributed by atoms with Crippen LogP contribution in [0.15, 0.2) is 48.8 Å². The molecule has 2 atom stereocenters. The molecule has 7 heteroatoms. The maximum atomic E-state index is 12.7. The topological polar surface area (TPSA) is 51.2 Å². The van der Waals surface area contributed by atoms with Crippen molar-refractivity contribution in [3.63, 3.8) is 0 Å². The minimum absolute atomic E-state index is 0.0101. The first kappa shape index (κ1) is 17.8. The lowest BCUT2D eigenvalue weighted by atomic mass is 10.1. The van der Waals surface area contributed by atoms with E-state index in [1.165, 1.54) is 19.1 Å². The molecule has 1 N–H and O–H groups in total. The first-order valence-electron chi connectivity index (χ1n) is 7.31. The van der Waals surface area contributed by atoms with E-state index in [4.69, 9.17) is 4.74 Å². The summed E-state index contributed by atoms with van der Waals surface area (Å²) >= 11 is 0. The average molecular weight is 338 g/mol. The summed E-state index contributed by atoms with van der Waals surface area (Å²) in [5.74, 6) is -0.430. The number of pyridine rings is 1. The number of carbonyl (C=O) groups excluding carboxylic acids is 1. The predicted molar refractivity (Wildman–Crippen MR) is 82.3 cm³/mol. The summed E-state index contributed by atoms with van der Waals surface area (Å²) in [5.41, 5.74) is 0.0439. The van der Waals surface area contributed by atoms with Crippen molar-refractivity contribution in [3.05, 3.63) is 59.9 Å². The van der Waals surface area contributed by atoms with Crippen molar-refractivity contribution in [2.75, 3.05) is 0 Å². The number of nitrogens with zero attached hydrogens (tertiary/aromatic N) is 1. The van der Waals surface area contributed by atoms with Crippen molar-refractivity contribution in [3.8, 4) is 5.75 Å². The molecule has 1 heterocycles. The lowest BCUT2D eigenvalue weighted by molar-refractivity contribution is -0.137. The van der Waals surface area contributed by atoms with Crippen LogP contribution in [0.2, 0.25) is 0 Å². The Bertz CT molecular complexity index is 690. The number of hydrogen-bond donors (Lipinski definition) is 1. The maximum absolute atomic E-state index is 12.7. The minimum atomic E-state index is -4.46. The molecule has 0 aliphatic rings. The zero-order valence-corrected chi connectivity index (χ0v) is 13.2. The lowest BCUT2D eigenvalue weighted by Crippen LogP contribution is -2.37. The van der Waals surface area contributed by atoms with Crippen LogP contribution in [0.4, 0.5) is 13.2 Å². The highest BCUT2D eigenvalue weighted by Crippen LogP contribution is 2.31. The Labute approximate surface area is 137 Å². The smallest absolute Gasteiger partial charge is 0.416 e. The highest BCUT2D eigenvalue weighted by atomic mass is 19.4. The van der Waals surface area contributed by atoms with E-state index in [1.54, 1.807) is 31.5 Å². The molecule has 1 aromatic carbocycles. The van der Waals surface area contributed by atoms with Gasteiger partial charge in [-0.3, -0.25) is 9.78 Å². The minimum Gasteiger partial charge on any atom is -0.481 e. The molecule has 0 aliphatic carbocycles. The molecule has 2 rings (SSSR count). The van der Waals surface area contributed by atoms with Crippen molar-refractivity contribution in [1.82, 2.24) is 10.3 Å². The first-order chi connectivity index (χ1) is 11.3. The van der Waals surface area contributed by atoms with Gasteiger partial charge < -0.3 is 10.1 Å². The van der Waals surface area contributed by atoms with Crippen LogP contribution in [0, 0.1) is 0 Å². The number of rotatable bonds is 5. The summed E-state index contributed by atoms with van der Waals surface area (Å²) < 4.78 is 43.4. The molecule has 2 aromatic rings. The number of halogens is 3. The molecule has 1 amide bonds. The van der Waals surface area contributed by atoms with Gasteiger partial charge in [-0.25, -0.2) is 0 Å². The predicted octanol–water partition coefficient (Wildman–Crippen LogP) is 3.75. The van der Waals surface area contributed by atoms with Crippen LogP contribution < -0.4 is 10.1 Å². The fourth-order valence-corrected chi connectivity index (χ4v) is 2.07. The summed E-state index contributed by atoms with van der Waals surface area (Å²) in [7, 11) is 0. The van der Waals surface area contributed by atoms with Gasteiger partial charge in [-0.15, -0.1) is 0 Å². The van der Waals surface area contributed by atoms with Gasteiger partial charge in [-0.2, -0.15) is 13.2 Å². The van der Waals surface area contributed by atoms with Crippen molar-refractivity contribution >= 4 is 5.91 Å². The normalized spacial score (nSPS) is 13.9. The van der Waals surface area contributed by atoms with E-state index in [0.717, 1.165) is 17.7 Å². The summed E-state index contributed by atoms with van der Waals surface area (Å²) in [6.45, 7) is 3.28. The van der Waals surface area contributed by atoms with E-state index < -0.39 is 23.8 Å². The van der Waals surface area contributed by atoms with Crippen molar-refractivity contribution in [2.24, 2.45) is 0 Å². The maximum Gasteiger partial charge on any atom is 0.416 e. The SMILES string of the molecule is C[C@H](NC(=O)[C@@H](C)Oc1cccc(C(F)(F)F)c1)c1ccncc1. The standard InChI is InChI=1S/C17H17F3N2O2/c1-11(13-6-8-21-9-7-13)22-16(23)12(2)24-15-5-3-4-14(10-15)17(18,19)20/h3-12H,1-2H3,(H,22,23)/t11-,12+/m0/s1. The lowest BCUT2D eigenvalue weighted by Gasteiger charge is -2.19. The van der Waals surface area contributed by atoms with E-state index in [9.17, 15) is 18.0 Å². The van der Waals surface area contributed by atoms with Gasteiger partial charge in [0.15, 0.2) is 6.10 Å². The second kappa shape index (κ2) is 7.33. The quantitative estimate of drug-likeness (QED) is 0.903. The van der Waals surface area contributed by atoms with Gasteiger partial charge in [0.25, 0.3) is 5.91 Å². The Morgan fingerprint density at radius 2 is 1.83 bits per heavy atom. The number of ether oxygens (including phenoxy) is 1. The van der Waals surface area contributed by atoms with E-state index in [1.807, 2.05) is 0 Å². The van der Waals surface area contributed by atoms with Gasteiger partial charge in [-0.05, 0) is 49.7 Å². The molecule has 0 saturated carbocycles. The third-order valence-corrected chi connectivity index (χ3v) is 3.41. The second-order valence-electron chi connectivity index (χ2n) is 5.30. The highest BCUT2D eigenvalue weighted by molar-refractivity contribution is 5.81. The fourth-order valence-electron chi connectivity index (χ4n) is 2.07. The number of alkyl halides is 3. The van der Waals surface area contributed by atoms with Crippen molar-refractivity contribution in [2.45, 2.75) is 32.2 Å². The molecule has 24 heavy (non-hydrogen) atoms. The molecular weight excluding hydrogens is 321 g/mol. The Morgan fingerprint density at radius 1 is 1.17 bits per heavy atom. The number of benzene rings is 1. The largest absolute Gasteiger partial charge is 0.481 e. The Hall–Kier alpha value is -2.57. The molecule has 0 saturated heterocycles.